The Labute approximate surface area is 412 Å². The van der Waals surface area contributed by atoms with E-state index in [-0.39, 0.29) is 66.1 Å². The van der Waals surface area contributed by atoms with Crippen molar-refractivity contribution >= 4 is 35.6 Å². The standard InChI is InChI=1S/C54H87N5O10/c1-12-35(6)48(58(9)52(65)46(33(2)3)56-51(64)47(34(4)5)57(8)22-17-21-45(61)62)43(67-10)28-44(60)59-23-16-20-42(59)49(68-11)36(7)50(63)55-41(27-37-18-14-13-15-19-37)53(66)69-32-54-29-38-24-39(30-54)26-40(25-38)31-54/h13-15,18-19,33-36,38-43,46-49H,12,16-17,20-32H2,1-11H3,(H,55,63)(H,56,64)(H,61,62)/t35-,36+,38?,39?,40?,41-,42-,43+,46-,47-,48-,49+,54?/m0/s1. The van der Waals surface area contributed by atoms with Gasteiger partial charge in [-0.3, -0.25) is 28.9 Å². The maximum absolute atomic E-state index is 14.6. The SMILES string of the molecule is CC[C@H](C)[C@@H]([C@@H](CC(=O)N1CCC[C@H]1[C@H](OC)[C@@H](C)C(=O)N[C@@H](Cc1ccccc1)C(=O)OCC12CC3CC(CC(C3)C1)C2)OC)N(C)C(=O)[C@@H](NC(=O)[C@H](C(C)C)N(C)CCCC(=O)O)C(C)C. The molecule has 5 fully saturated rings. The van der Waals surface area contributed by atoms with E-state index in [4.69, 9.17) is 19.3 Å². The third kappa shape index (κ3) is 14.3. The van der Waals surface area contributed by atoms with Crippen LogP contribution in [0.1, 0.15) is 131 Å². The van der Waals surface area contributed by atoms with Gasteiger partial charge in [-0.25, -0.2) is 4.79 Å². The van der Waals surface area contributed by atoms with Gasteiger partial charge in [-0.1, -0.05) is 85.2 Å². The Balaban J connectivity index is 1.26. The van der Waals surface area contributed by atoms with Crippen molar-refractivity contribution < 1.29 is 48.1 Å². The first-order valence-corrected chi connectivity index (χ1v) is 26.1. The highest BCUT2D eigenvalue weighted by atomic mass is 16.5. The highest BCUT2D eigenvalue weighted by molar-refractivity contribution is 5.90. The highest BCUT2D eigenvalue weighted by Crippen LogP contribution is 2.60. The molecule has 3 N–H and O–H groups in total. The molecule has 5 aliphatic rings. The van der Waals surface area contributed by atoms with E-state index in [9.17, 15) is 28.8 Å². The van der Waals surface area contributed by atoms with Crippen LogP contribution in [0.15, 0.2) is 30.3 Å². The summed E-state index contributed by atoms with van der Waals surface area (Å²) in [6.07, 6.45) is 8.53. The molecule has 1 aliphatic heterocycles. The molecule has 1 aromatic carbocycles. The first kappa shape index (κ1) is 55.8. The number of esters is 1. The number of carboxylic acids is 1. The van der Waals surface area contributed by atoms with Gasteiger partial charge in [0.2, 0.25) is 23.6 Å². The molecule has 15 nitrogen and oxygen atoms in total. The summed E-state index contributed by atoms with van der Waals surface area (Å²) >= 11 is 0. The van der Waals surface area contributed by atoms with Gasteiger partial charge < -0.3 is 39.8 Å². The lowest BCUT2D eigenvalue weighted by Gasteiger charge is -2.56. The zero-order valence-corrected chi connectivity index (χ0v) is 43.7. The van der Waals surface area contributed by atoms with Crippen molar-refractivity contribution in [2.45, 2.75) is 174 Å². The molecule has 9 atom stereocenters. The Morgan fingerprint density at radius 1 is 0.855 bits per heavy atom. The number of carbonyl (C=O) groups excluding carboxylic acids is 5. The predicted octanol–water partition coefficient (Wildman–Crippen LogP) is 6.36. The maximum atomic E-state index is 14.6. The number of methoxy groups -OCH3 is 2. The second kappa shape index (κ2) is 25.3. The van der Waals surface area contributed by atoms with Crippen LogP contribution in [0.4, 0.5) is 0 Å². The average molecular weight is 966 g/mol. The van der Waals surface area contributed by atoms with Crippen LogP contribution in [0, 0.1) is 46.8 Å². The highest BCUT2D eigenvalue weighted by Gasteiger charge is 2.52. The lowest BCUT2D eigenvalue weighted by atomic mass is 9.50. The molecule has 1 aromatic rings. The van der Waals surface area contributed by atoms with Crippen molar-refractivity contribution in [2.75, 3.05) is 48.0 Å². The van der Waals surface area contributed by atoms with Gasteiger partial charge in [0.05, 0.1) is 49.3 Å². The summed E-state index contributed by atoms with van der Waals surface area (Å²) in [6.45, 7) is 14.7. The number of nitrogens with zero attached hydrogens (tertiary/aromatic N) is 3. The molecule has 4 bridgehead atoms. The van der Waals surface area contributed by atoms with Crippen LogP contribution in [-0.4, -0.2) is 146 Å². The molecule has 0 radical (unpaired) electrons. The number of carboxylic acid groups (broad SMARTS) is 1. The maximum Gasteiger partial charge on any atom is 0.329 e. The van der Waals surface area contributed by atoms with E-state index < -0.39 is 60.3 Å². The fourth-order valence-corrected chi connectivity index (χ4v) is 13.0. The third-order valence-corrected chi connectivity index (χ3v) is 16.3. The van der Waals surface area contributed by atoms with Crippen molar-refractivity contribution in [3.8, 4) is 0 Å². The van der Waals surface area contributed by atoms with Crippen molar-refractivity contribution in [1.29, 1.82) is 0 Å². The zero-order chi connectivity index (χ0) is 50.7. The van der Waals surface area contributed by atoms with Gasteiger partial charge >= 0.3 is 11.9 Å². The molecule has 4 saturated carbocycles. The second-order valence-electron chi connectivity index (χ2n) is 22.3. The Morgan fingerprint density at radius 2 is 1.48 bits per heavy atom. The minimum atomic E-state index is -0.897. The molecule has 1 saturated heterocycles. The fourth-order valence-electron chi connectivity index (χ4n) is 13.0. The first-order chi connectivity index (χ1) is 32.7. The Morgan fingerprint density at radius 3 is 2.01 bits per heavy atom. The monoisotopic (exact) mass is 966 g/mol. The van der Waals surface area contributed by atoms with Crippen molar-refractivity contribution in [3.63, 3.8) is 0 Å². The van der Waals surface area contributed by atoms with Crippen LogP contribution in [0.3, 0.4) is 0 Å². The van der Waals surface area contributed by atoms with Crippen LogP contribution in [0.25, 0.3) is 0 Å². The van der Waals surface area contributed by atoms with E-state index in [1.54, 1.807) is 45.0 Å². The summed E-state index contributed by atoms with van der Waals surface area (Å²) < 4.78 is 18.4. The van der Waals surface area contributed by atoms with Gasteiger partial charge in [0.15, 0.2) is 0 Å². The van der Waals surface area contributed by atoms with Gasteiger partial charge in [-0.05, 0) is 112 Å². The number of carbonyl (C=O) groups is 6. The Kier molecular flexibility index (Phi) is 20.5. The lowest BCUT2D eigenvalue weighted by Crippen LogP contribution is -2.60. The topological polar surface area (TPSA) is 184 Å². The van der Waals surface area contributed by atoms with Crippen molar-refractivity contribution in [3.05, 3.63) is 35.9 Å². The third-order valence-electron chi connectivity index (χ3n) is 16.3. The number of hydrogen-bond donors (Lipinski definition) is 3. The quantitative estimate of drug-likeness (QED) is 0.0835. The number of nitrogens with one attached hydrogen (secondary N) is 2. The smallest absolute Gasteiger partial charge is 0.329 e. The zero-order valence-electron chi connectivity index (χ0n) is 43.7. The van der Waals surface area contributed by atoms with E-state index in [2.05, 4.69) is 10.6 Å². The molecule has 15 heteroatoms. The molecule has 388 valence electrons. The van der Waals surface area contributed by atoms with Crippen LogP contribution in [0.5, 0.6) is 0 Å². The summed E-state index contributed by atoms with van der Waals surface area (Å²) in [4.78, 5) is 87.8. The molecule has 0 unspecified atom stereocenters. The second-order valence-corrected chi connectivity index (χ2v) is 22.3. The Bertz CT molecular complexity index is 1840. The molecule has 0 aromatic heterocycles. The van der Waals surface area contributed by atoms with E-state index >= 15 is 0 Å². The van der Waals surface area contributed by atoms with Gasteiger partial charge in [-0.15, -0.1) is 0 Å². The summed E-state index contributed by atoms with van der Waals surface area (Å²) in [5.74, 6) is -1.47. The average Bonchev–Trinajstić information content (AvgIpc) is 3.78. The number of benzene rings is 1. The number of likely N-dealkylation sites (tertiary alicyclic amines) is 1. The normalized spacial score (nSPS) is 25.4. The lowest BCUT2D eigenvalue weighted by molar-refractivity contribution is -0.159. The molecule has 4 aliphatic carbocycles. The van der Waals surface area contributed by atoms with Crippen LogP contribution in [-0.2, 0) is 49.4 Å². The summed E-state index contributed by atoms with van der Waals surface area (Å²) in [6, 6.07) is 6.35. The number of ether oxygens (including phenoxy) is 3. The van der Waals surface area contributed by atoms with E-state index in [0.29, 0.717) is 45.4 Å². The minimum absolute atomic E-state index is 0.00703. The van der Waals surface area contributed by atoms with E-state index in [0.717, 1.165) is 42.6 Å². The van der Waals surface area contributed by atoms with Crippen molar-refractivity contribution in [1.82, 2.24) is 25.3 Å². The number of amides is 4. The first-order valence-electron chi connectivity index (χ1n) is 26.1. The van der Waals surface area contributed by atoms with E-state index in [1.165, 1.54) is 19.3 Å². The molecule has 4 amide bonds. The summed E-state index contributed by atoms with van der Waals surface area (Å²) in [7, 11) is 6.60. The van der Waals surface area contributed by atoms with Gasteiger partial charge in [0.1, 0.15) is 12.1 Å². The number of rotatable bonds is 27. The van der Waals surface area contributed by atoms with E-state index in [1.807, 2.05) is 76.8 Å². The van der Waals surface area contributed by atoms with Crippen LogP contribution >= 0.6 is 0 Å². The molecule has 6 rings (SSSR count). The van der Waals surface area contributed by atoms with Gasteiger partial charge in [0, 0.05) is 46.1 Å². The number of likely N-dealkylation sites (N-methyl/N-ethyl adjacent to an activating group) is 2. The van der Waals surface area contributed by atoms with Gasteiger partial charge in [-0.2, -0.15) is 0 Å². The Hall–Kier alpha value is -4.08. The summed E-state index contributed by atoms with van der Waals surface area (Å²) in [5.41, 5.74) is 0.948. The summed E-state index contributed by atoms with van der Waals surface area (Å²) in [5, 5.41) is 15.3. The van der Waals surface area contributed by atoms with Crippen LogP contribution < -0.4 is 10.6 Å². The predicted molar refractivity (Wildman–Crippen MR) is 265 cm³/mol. The molecule has 69 heavy (non-hydrogen) atoms. The molecular formula is C54H87N5O10. The van der Waals surface area contributed by atoms with Crippen LogP contribution in [0.2, 0.25) is 0 Å². The molecule has 0 spiro atoms. The minimum Gasteiger partial charge on any atom is -0.481 e. The largest absolute Gasteiger partial charge is 0.481 e. The number of hydrogen-bond acceptors (Lipinski definition) is 10. The molecule has 1 heterocycles. The fraction of sp³-hybridized carbons (Fsp3) is 0.778. The van der Waals surface area contributed by atoms with Gasteiger partial charge in [0.25, 0.3) is 0 Å². The molecular weight excluding hydrogens is 879 g/mol. The number of aliphatic carboxylic acids is 1. The van der Waals surface area contributed by atoms with Crippen molar-refractivity contribution in [2.24, 2.45) is 46.8 Å².